The van der Waals surface area contributed by atoms with Crippen molar-refractivity contribution in [2.45, 2.75) is 44.8 Å². The first-order valence-electron chi connectivity index (χ1n) is 7.85. The van der Waals surface area contributed by atoms with Gasteiger partial charge in [-0.2, -0.15) is 0 Å². The molecular weight excluding hydrogens is 266 g/mol. The van der Waals surface area contributed by atoms with Gasteiger partial charge in [-0.3, -0.25) is 4.90 Å². The van der Waals surface area contributed by atoms with E-state index in [2.05, 4.69) is 11.8 Å². The van der Waals surface area contributed by atoms with Crippen LogP contribution in [0.4, 0.5) is 0 Å². The van der Waals surface area contributed by atoms with Gasteiger partial charge in [-0.25, -0.2) is 0 Å². The number of ether oxygens (including phenoxy) is 2. The van der Waals surface area contributed by atoms with Crippen LogP contribution in [0.15, 0.2) is 18.2 Å². The molecule has 0 radical (unpaired) electrons. The molecule has 0 aromatic heterocycles. The monoisotopic (exact) mass is 293 g/mol. The van der Waals surface area contributed by atoms with Crippen LogP contribution in [0.25, 0.3) is 0 Å². The number of benzene rings is 1. The number of piperidine rings is 1. The highest BCUT2D eigenvalue weighted by Gasteiger charge is 2.31. The summed E-state index contributed by atoms with van der Waals surface area (Å²) in [4.78, 5) is 2.40. The predicted molar refractivity (Wildman–Crippen MR) is 84.0 cm³/mol. The molecule has 0 aliphatic carbocycles. The average Bonchev–Trinajstić information content (AvgIpc) is 2.52. The maximum Gasteiger partial charge on any atom is 0.161 e. The number of rotatable bonds is 6. The number of aliphatic hydroxyl groups is 1. The molecule has 1 aliphatic heterocycles. The number of unbranched alkanes of at least 4 members (excludes halogenated alkanes) is 1. The SMILES string of the molecule is CCCCN1CCCC(O)C1c1ccc(OC)c(OC)c1. The largest absolute Gasteiger partial charge is 0.493 e. The molecule has 4 heteroatoms. The van der Waals surface area contributed by atoms with Crippen LogP contribution in [0.2, 0.25) is 0 Å². The van der Waals surface area contributed by atoms with Crippen LogP contribution in [-0.2, 0) is 0 Å². The Morgan fingerprint density at radius 3 is 2.67 bits per heavy atom. The van der Waals surface area contributed by atoms with E-state index >= 15 is 0 Å². The molecule has 1 aromatic rings. The molecule has 1 N–H and O–H groups in total. The number of nitrogens with zero attached hydrogens (tertiary/aromatic N) is 1. The Hall–Kier alpha value is -1.26. The van der Waals surface area contributed by atoms with Crippen LogP contribution in [0.1, 0.15) is 44.2 Å². The zero-order valence-electron chi connectivity index (χ0n) is 13.3. The Labute approximate surface area is 127 Å². The van der Waals surface area contributed by atoms with Crippen molar-refractivity contribution in [2.24, 2.45) is 0 Å². The third-order valence-electron chi connectivity index (χ3n) is 4.25. The average molecular weight is 293 g/mol. The molecule has 1 saturated heterocycles. The maximum absolute atomic E-state index is 10.5. The lowest BCUT2D eigenvalue weighted by molar-refractivity contribution is 0.00899. The van der Waals surface area contributed by atoms with Crippen LogP contribution in [0, 0.1) is 0 Å². The highest BCUT2D eigenvalue weighted by atomic mass is 16.5. The van der Waals surface area contributed by atoms with Gasteiger partial charge in [0.1, 0.15) is 0 Å². The zero-order valence-corrected chi connectivity index (χ0v) is 13.3. The molecule has 2 rings (SSSR count). The lowest BCUT2D eigenvalue weighted by Gasteiger charge is -2.39. The molecule has 0 amide bonds. The van der Waals surface area contributed by atoms with Gasteiger partial charge < -0.3 is 14.6 Å². The predicted octanol–water partition coefficient (Wildman–Crippen LogP) is 3.00. The van der Waals surface area contributed by atoms with E-state index in [0.29, 0.717) is 0 Å². The molecule has 0 bridgehead atoms. The van der Waals surface area contributed by atoms with Crippen LogP contribution in [-0.4, -0.2) is 43.4 Å². The summed E-state index contributed by atoms with van der Waals surface area (Å²) in [6, 6.07) is 6.02. The molecule has 4 nitrogen and oxygen atoms in total. The quantitative estimate of drug-likeness (QED) is 0.875. The highest BCUT2D eigenvalue weighted by molar-refractivity contribution is 5.44. The minimum absolute atomic E-state index is 0.0603. The van der Waals surface area contributed by atoms with Crippen molar-refractivity contribution in [3.05, 3.63) is 23.8 Å². The van der Waals surface area contributed by atoms with Gasteiger partial charge in [-0.1, -0.05) is 19.4 Å². The Balaban J connectivity index is 2.26. The van der Waals surface area contributed by atoms with E-state index in [9.17, 15) is 5.11 Å². The van der Waals surface area contributed by atoms with Crippen molar-refractivity contribution < 1.29 is 14.6 Å². The minimum Gasteiger partial charge on any atom is -0.493 e. The normalized spacial score (nSPS) is 23.0. The van der Waals surface area contributed by atoms with Gasteiger partial charge in [0.25, 0.3) is 0 Å². The molecule has 0 saturated carbocycles. The van der Waals surface area contributed by atoms with E-state index < -0.39 is 0 Å². The fraction of sp³-hybridized carbons (Fsp3) is 0.647. The van der Waals surface area contributed by atoms with E-state index in [1.54, 1.807) is 14.2 Å². The number of aliphatic hydroxyl groups excluding tert-OH is 1. The number of methoxy groups -OCH3 is 2. The number of likely N-dealkylation sites (tertiary alicyclic amines) is 1. The first kappa shape index (κ1) is 16.1. The molecule has 118 valence electrons. The summed E-state index contributed by atoms with van der Waals surface area (Å²) in [5, 5.41) is 10.5. The van der Waals surface area contributed by atoms with Gasteiger partial charge in [-0.05, 0) is 50.0 Å². The topological polar surface area (TPSA) is 41.9 Å². The molecule has 2 unspecified atom stereocenters. The second-order valence-corrected chi connectivity index (χ2v) is 5.66. The second kappa shape index (κ2) is 7.66. The smallest absolute Gasteiger partial charge is 0.161 e. The van der Waals surface area contributed by atoms with Gasteiger partial charge >= 0.3 is 0 Å². The van der Waals surface area contributed by atoms with Gasteiger partial charge in [0, 0.05) is 0 Å². The Morgan fingerprint density at radius 1 is 1.24 bits per heavy atom. The first-order chi connectivity index (χ1) is 10.2. The van der Waals surface area contributed by atoms with E-state index in [4.69, 9.17) is 9.47 Å². The van der Waals surface area contributed by atoms with Gasteiger partial charge in [0.2, 0.25) is 0 Å². The summed E-state index contributed by atoms with van der Waals surface area (Å²) in [6.45, 7) is 4.29. The standard InChI is InChI=1S/C17H27NO3/c1-4-5-10-18-11-6-7-14(19)17(18)13-8-9-15(20-2)16(12-13)21-3/h8-9,12,14,17,19H,4-7,10-11H2,1-3H3. The van der Waals surface area contributed by atoms with E-state index in [1.807, 2.05) is 18.2 Å². The van der Waals surface area contributed by atoms with Crippen molar-refractivity contribution >= 4 is 0 Å². The summed E-state index contributed by atoms with van der Waals surface area (Å²) in [5.74, 6) is 1.45. The van der Waals surface area contributed by atoms with Gasteiger partial charge in [0.05, 0.1) is 26.4 Å². The fourth-order valence-electron chi connectivity index (χ4n) is 3.13. The molecule has 1 aliphatic rings. The Morgan fingerprint density at radius 2 is 2.00 bits per heavy atom. The van der Waals surface area contributed by atoms with Crippen molar-refractivity contribution in [3.8, 4) is 11.5 Å². The van der Waals surface area contributed by atoms with Crippen LogP contribution < -0.4 is 9.47 Å². The van der Waals surface area contributed by atoms with E-state index in [1.165, 1.54) is 6.42 Å². The van der Waals surface area contributed by atoms with Gasteiger partial charge in [0.15, 0.2) is 11.5 Å². The highest BCUT2D eigenvalue weighted by Crippen LogP contribution is 2.36. The lowest BCUT2D eigenvalue weighted by Crippen LogP contribution is -2.42. The molecular formula is C17H27NO3. The summed E-state index contributed by atoms with van der Waals surface area (Å²) in [6.07, 6.45) is 3.95. The molecule has 21 heavy (non-hydrogen) atoms. The van der Waals surface area contributed by atoms with E-state index in [0.717, 1.165) is 49.4 Å². The summed E-state index contributed by atoms with van der Waals surface area (Å²) in [5.41, 5.74) is 1.11. The molecule has 1 fully saturated rings. The number of hydrogen-bond donors (Lipinski definition) is 1. The minimum atomic E-state index is -0.311. The van der Waals surface area contributed by atoms with Crippen LogP contribution >= 0.6 is 0 Å². The Bertz CT molecular complexity index is 450. The van der Waals surface area contributed by atoms with Crippen LogP contribution in [0.5, 0.6) is 11.5 Å². The third-order valence-corrected chi connectivity index (χ3v) is 4.25. The number of hydrogen-bond acceptors (Lipinski definition) is 4. The second-order valence-electron chi connectivity index (χ2n) is 5.66. The Kier molecular flexibility index (Phi) is 5.88. The molecule has 1 heterocycles. The summed E-state index contributed by atoms with van der Waals surface area (Å²) in [7, 11) is 3.29. The van der Waals surface area contributed by atoms with Crippen LogP contribution in [0.3, 0.4) is 0 Å². The van der Waals surface area contributed by atoms with Crippen molar-refractivity contribution in [1.29, 1.82) is 0 Å². The fourth-order valence-corrected chi connectivity index (χ4v) is 3.13. The molecule has 1 aromatic carbocycles. The first-order valence-corrected chi connectivity index (χ1v) is 7.85. The molecule has 2 atom stereocenters. The third kappa shape index (κ3) is 3.69. The van der Waals surface area contributed by atoms with Crippen molar-refractivity contribution in [1.82, 2.24) is 4.90 Å². The zero-order chi connectivity index (χ0) is 15.2. The van der Waals surface area contributed by atoms with Crippen molar-refractivity contribution in [3.63, 3.8) is 0 Å². The van der Waals surface area contributed by atoms with E-state index in [-0.39, 0.29) is 12.1 Å². The maximum atomic E-state index is 10.5. The summed E-state index contributed by atoms with van der Waals surface area (Å²) < 4.78 is 10.7. The van der Waals surface area contributed by atoms with Crippen molar-refractivity contribution in [2.75, 3.05) is 27.3 Å². The lowest BCUT2D eigenvalue weighted by atomic mass is 9.92. The summed E-state index contributed by atoms with van der Waals surface area (Å²) >= 11 is 0. The molecule has 0 spiro atoms. The van der Waals surface area contributed by atoms with Gasteiger partial charge in [-0.15, -0.1) is 0 Å².